The number of Topliss-reactive ketones (excluding diaryl/α,β-unsaturated/α-hetero) is 1. The zero-order valence-corrected chi connectivity index (χ0v) is 12.1. The second-order valence-electron chi connectivity index (χ2n) is 5.43. The largest absolute Gasteiger partial charge is 0.468 e. The first kappa shape index (κ1) is 15.4. The summed E-state index contributed by atoms with van der Waals surface area (Å²) in [5.74, 6) is -1.35. The molecule has 1 aromatic rings. The summed E-state index contributed by atoms with van der Waals surface area (Å²) in [5, 5.41) is 10.4. The van der Waals surface area contributed by atoms with Crippen molar-refractivity contribution in [3.63, 3.8) is 0 Å². The Hall–Kier alpha value is -1.94. The van der Waals surface area contributed by atoms with Crippen LogP contribution in [-0.4, -0.2) is 24.0 Å². The molecule has 4 heteroatoms. The van der Waals surface area contributed by atoms with Gasteiger partial charge in [0.2, 0.25) is 0 Å². The van der Waals surface area contributed by atoms with E-state index in [9.17, 15) is 14.7 Å². The highest BCUT2D eigenvalue weighted by Crippen LogP contribution is 2.46. The van der Waals surface area contributed by atoms with Crippen molar-refractivity contribution in [3.8, 4) is 0 Å². The monoisotopic (exact) mass is 288 g/mol. The first-order valence-corrected chi connectivity index (χ1v) is 7.03. The van der Waals surface area contributed by atoms with Crippen LogP contribution in [0.25, 0.3) is 0 Å². The van der Waals surface area contributed by atoms with Crippen LogP contribution in [0.4, 0.5) is 0 Å². The van der Waals surface area contributed by atoms with Gasteiger partial charge in [-0.1, -0.05) is 36.4 Å². The molecule has 4 nitrogen and oxygen atoms in total. The van der Waals surface area contributed by atoms with Gasteiger partial charge < -0.3 is 9.84 Å². The van der Waals surface area contributed by atoms with E-state index in [-0.39, 0.29) is 12.2 Å². The molecule has 0 radical (unpaired) electrons. The predicted octanol–water partition coefficient (Wildman–Crippen LogP) is 2.43. The molecule has 1 aliphatic carbocycles. The summed E-state index contributed by atoms with van der Waals surface area (Å²) in [6, 6.07) is 9.04. The SMILES string of the molecule is C=CCC1(C(=O)OC)CCC(C(O)c2ccccc2)C1=O. The van der Waals surface area contributed by atoms with Gasteiger partial charge in [0.05, 0.1) is 13.2 Å². The Balaban J connectivity index is 2.28. The van der Waals surface area contributed by atoms with E-state index in [4.69, 9.17) is 4.74 Å². The number of aliphatic hydroxyl groups excluding tert-OH is 1. The minimum atomic E-state index is -1.18. The molecular formula is C17H20O4. The normalized spacial score (nSPS) is 26.4. The van der Waals surface area contributed by atoms with E-state index >= 15 is 0 Å². The summed E-state index contributed by atoms with van der Waals surface area (Å²) < 4.78 is 4.81. The summed E-state index contributed by atoms with van der Waals surface area (Å²) in [5.41, 5.74) is -0.494. The fourth-order valence-electron chi connectivity index (χ4n) is 3.13. The molecule has 0 spiro atoms. The maximum atomic E-state index is 12.7. The van der Waals surface area contributed by atoms with Crippen LogP contribution in [-0.2, 0) is 14.3 Å². The summed E-state index contributed by atoms with van der Waals surface area (Å²) in [4.78, 5) is 24.8. The Morgan fingerprint density at radius 1 is 1.52 bits per heavy atom. The number of benzene rings is 1. The number of esters is 1. The highest BCUT2D eigenvalue weighted by molar-refractivity contribution is 6.06. The van der Waals surface area contributed by atoms with Gasteiger partial charge >= 0.3 is 5.97 Å². The molecule has 0 bridgehead atoms. The molecule has 1 saturated carbocycles. The summed E-state index contributed by atoms with van der Waals surface area (Å²) >= 11 is 0. The van der Waals surface area contributed by atoms with E-state index in [1.807, 2.05) is 18.2 Å². The topological polar surface area (TPSA) is 63.6 Å². The maximum absolute atomic E-state index is 12.7. The van der Waals surface area contributed by atoms with E-state index in [0.29, 0.717) is 18.4 Å². The smallest absolute Gasteiger partial charge is 0.319 e. The zero-order chi connectivity index (χ0) is 15.5. The molecule has 0 amide bonds. The quantitative estimate of drug-likeness (QED) is 0.513. The van der Waals surface area contributed by atoms with Crippen LogP contribution in [0.2, 0.25) is 0 Å². The van der Waals surface area contributed by atoms with E-state index in [1.165, 1.54) is 7.11 Å². The Morgan fingerprint density at radius 2 is 2.19 bits per heavy atom. The van der Waals surface area contributed by atoms with E-state index in [1.54, 1.807) is 18.2 Å². The third kappa shape index (κ3) is 2.63. The van der Waals surface area contributed by atoms with Gasteiger partial charge in [-0.2, -0.15) is 0 Å². The molecule has 112 valence electrons. The predicted molar refractivity (Wildman–Crippen MR) is 78.4 cm³/mol. The molecule has 1 aromatic carbocycles. The molecule has 0 aromatic heterocycles. The van der Waals surface area contributed by atoms with Crippen LogP contribution >= 0.6 is 0 Å². The molecule has 21 heavy (non-hydrogen) atoms. The number of ketones is 1. The summed E-state index contributed by atoms with van der Waals surface area (Å²) in [6.45, 7) is 3.63. The standard InChI is InChI=1S/C17H20O4/c1-3-10-17(16(20)21-2)11-9-13(15(17)19)14(18)12-7-5-4-6-8-12/h3-8,13-14,18H,1,9-11H2,2H3. The van der Waals surface area contributed by atoms with Crippen LogP contribution in [0.1, 0.15) is 30.9 Å². The molecule has 3 atom stereocenters. The number of ether oxygens (including phenoxy) is 1. The Morgan fingerprint density at radius 3 is 2.76 bits per heavy atom. The van der Waals surface area contributed by atoms with Crippen molar-refractivity contribution in [1.82, 2.24) is 0 Å². The van der Waals surface area contributed by atoms with Gasteiger partial charge in [-0.05, 0) is 24.8 Å². The fraction of sp³-hybridized carbons (Fsp3) is 0.412. The lowest BCUT2D eigenvalue weighted by Crippen LogP contribution is -2.38. The average molecular weight is 288 g/mol. The average Bonchev–Trinajstić information content (AvgIpc) is 2.85. The van der Waals surface area contributed by atoms with Gasteiger partial charge in [0.25, 0.3) is 0 Å². The van der Waals surface area contributed by atoms with Crippen molar-refractivity contribution in [2.24, 2.45) is 11.3 Å². The molecule has 1 N–H and O–H groups in total. The second kappa shape index (κ2) is 6.22. The van der Waals surface area contributed by atoms with E-state index in [2.05, 4.69) is 6.58 Å². The Kier molecular flexibility index (Phi) is 4.58. The highest BCUT2D eigenvalue weighted by atomic mass is 16.5. The van der Waals surface area contributed by atoms with Gasteiger partial charge in [0, 0.05) is 5.92 Å². The van der Waals surface area contributed by atoms with Crippen LogP contribution in [0.15, 0.2) is 43.0 Å². The number of carbonyl (C=O) groups excluding carboxylic acids is 2. The van der Waals surface area contributed by atoms with Crippen molar-refractivity contribution in [3.05, 3.63) is 48.6 Å². The molecular weight excluding hydrogens is 268 g/mol. The maximum Gasteiger partial charge on any atom is 0.319 e. The number of rotatable bonds is 5. The van der Waals surface area contributed by atoms with Gasteiger partial charge in [0.1, 0.15) is 5.41 Å². The third-order valence-electron chi connectivity index (χ3n) is 4.28. The van der Waals surface area contributed by atoms with Crippen LogP contribution in [0, 0.1) is 11.3 Å². The van der Waals surface area contributed by atoms with Gasteiger partial charge in [-0.3, -0.25) is 9.59 Å². The molecule has 0 saturated heterocycles. The zero-order valence-electron chi connectivity index (χ0n) is 12.1. The van der Waals surface area contributed by atoms with Gasteiger partial charge in [-0.15, -0.1) is 6.58 Å². The number of hydrogen-bond acceptors (Lipinski definition) is 4. The van der Waals surface area contributed by atoms with Crippen molar-refractivity contribution < 1.29 is 19.4 Å². The molecule has 0 heterocycles. The number of hydrogen-bond donors (Lipinski definition) is 1. The number of aliphatic hydroxyl groups is 1. The number of allylic oxidation sites excluding steroid dienone is 1. The van der Waals surface area contributed by atoms with E-state index < -0.39 is 23.4 Å². The number of methoxy groups -OCH3 is 1. The first-order valence-electron chi connectivity index (χ1n) is 7.03. The van der Waals surface area contributed by atoms with Crippen molar-refractivity contribution in [1.29, 1.82) is 0 Å². The van der Waals surface area contributed by atoms with Crippen molar-refractivity contribution >= 4 is 11.8 Å². The lowest BCUT2D eigenvalue weighted by molar-refractivity contribution is -0.157. The van der Waals surface area contributed by atoms with Crippen LogP contribution < -0.4 is 0 Å². The molecule has 3 unspecified atom stereocenters. The van der Waals surface area contributed by atoms with Gasteiger partial charge in [0.15, 0.2) is 5.78 Å². The minimum absolute atomic E-state index is 0.245. The van der Waals surface area contributed by atoms with Crippen molar-refractivity contribution in [2.75, 3.05) is 7.11 Å². The molecule has 0 aliphatic heterocycles. The highest BCUT2D eigenvalue weighted by Gasteiger charge is 2.54. The third-order valence-corrected chi connectivity index (χ3v) is 4.28. The van der Waals surface area contributed by atoms with E-state index in [0.717, 1.165) is 0 Å². The second-order valence-corrected chi connectivity index (χ2v) is 5.43. The first-order chi connectivity index (χ1) is 10.1. The molecule has 1 fully saturated rings. The molecule has 2 rings (SSSR count). The summed E-state index contributed by atoms with van der Waals surface area (Å²) in [7, 11) is 1.28. The molecule has 1 aliphatic rings. The van der Waals surface area contributed by atoms with Crippen molar-refractivity contribution in [2.45, 2.75) is 25.4 Å². The minimum Gasteiger partial charge on any atom is -0.468 e. The lowest BCUT2D eigenvalue weighted by Gasteiger charge is -2.24. The van der Waals surface area contributed by atoms with Crippen LogP contribution in [0.3, 0.4) is 0 Å². The fourth-order valence-corrected chi connectivity index (χ4v) is 3.13. The Bertz CT molecular complexity index is 537. The van der Waals surface area contributed by atoms with Gasteiger partial charge in [-0.25, -0.2) is 0 Å². The van der Waals surface area contributed by atoms with Crippen LogP contribution in [0.5, 0.6) is 0 Å². The lowest BCUT2D eigenvalue weighted by atomic mass is 9.79. The number of carbonyl (C=O) groups is 2. The summed E-state index contributed by atoms with van der Waals surface area (Å²) in [6.07, 6.45) is 1.77. The Labute approximate surface area is 124 Å².